The van der Waals surface area contributed by atoms with Crippen LogP contribution in [0, 0.1) is 0 Å². The molecule has 106 heavy (non-hydrogen) atoms. The molecule has 4 aromatic carbocycles. The molecule has 0 spiro atoms. The Kier molecular flexibility index (Phi) is 27.9. The van der Waals surface area contributed by atoms with Crippen molar-refractivity contribution < 1.29 is 162 Å². The van der Waals surface area contributed by atoms with E-state index >= 15 is 0 Å². The molecule has 5 heterocycles. The number of rotatable bonds is 25. The van der Waals surface area contributed by atoms with Crippen LogP contribution in [0.15, 0.2) is 121 Å². The summed E-state index contributed by atoms with van der Waals surface area (Å²) in [5.74, 6) is -12.1. The molecular formula is C72H80O34. The van der Waals surface area contributed by atoms with E-state index in [0.717, 1.165) is 55.4 Å². The van der Waals surface area contributed by atoms with Gasteiger partial charge in [0.1, 0.15) is 37.1 Å². The minimum absolute atomic E-state index is 0.0167. The number of carbonyl (C=O) groups excluding carboxylic acids is 12. The van der Waals surface area contributed by atoms with Crippen molar-refractivity contribution in [2.75, 3.05) is 19.8 Å². The first kappa shape index (κ1) is 80.2. The van der Waals surface area contributed by atoms with Crippen LogP contribution in [0.3, 0.4) is 0 Å². The molecule has 34 heteroatoms. The topological polar surface area (TPSA) is 419 Å². The van der Waals surface area contributed by atoms with Gasteiger partial charge in [-0.05, 0) is 62.4 Å². The third-order valence-electron chi connectivity index (χ3n) is 16.6. The molecule has 0 aromatic heterocycles. The number of hydrogen-bond acceptors (Lipinski definition) is 34. The molecule has 0 aliphatic carbocycles. The van der Waals surface area contributed by atoms with Crippen LogP contribution >= 0.6 is 0 Å². The van der Waals surface area contributed by atoms with Crippen LogP contribution < -0.4 is 0 Å². The van der Waals surface area contributed by atoms with Crippen molar-refractivity contribution in [2.45, 2.75) is 211 Å². The molecule has 34 nitrogen and oxygen atoms in total. The minimum atomic E-state index is -2.25. The molecular weight excluding hydrogens is 1410 g/mol. The maximum absolute atomic E-state index is 14.6. The Morgan fingerprint density at radius 1 is 0.311 bits per heavy atom. The number of aliphatic hydroxyl groups excluding tert-OH is 1. The van der Waals surface area contributed by atoms with Gasteiger partial charge < -0.3 is 105 Å². The fraction of sp³-hybridized carbons (Fsp3) is 0.500. The zero-order valence-electron chi connectivity index (χ0n) is 58.9. The highest BCUT2D eigenvalue weighted by molar-refractivity contribution is 5.92. The van der Waals surface area contributed by atoms with Gasteiger partial charge in [0.25, 0.3) is 0 Å². The van der Waals surface area contributed by atoms with E-state index in [9.17, 15) is 62.6 Å². The summed E-state index contributed by atoms with van der Waals surface area (Å²) in [5.41, 5.74) is -0.0518. The van der Waals surface area contributed by atoms with Crippen LogP contribution in [0.4, 0.5) is 0 Å². The Morgan fingerprint density at radius 3 is 1.09 bits per heavy atom. The number of esters is 12. The molecule has 23 atom stereocenters. The van der Waals surface area contributed by atoms with Crippen molar-refractivity contribution in [2.24, 2.45) is 0 Å². The molecule has 0 radical (unpaired) electrons. The molecule has 1 N–H and O–H groups in total. The first-order valence-corrected chi connectivity index (χ1v) is 33.4. The predicted octanol–water partition coefficient (Wildman–Crippen LogP) is 3.43. The van der Waals surface area contributed by atoms with Crippen LogP contribution in [-0.4, -0.2) is 238 Å². The van der Waals surface area contributed by atoms with Gasteiger partial charge in [-0.2, -0.15) is 0 Å². The van der Waals surface area contributed by atoms with Gasteiger partial charge in [0.15, 0.2) is 98.6 Å². The van der Waals surface area contributed by atoms with Gasteiger partial charge in [-0.25, -0.2) is 19.2 Å². The Morgan fingerprint density at radius 2 is 0.632 bits per heavy atom. The highest BCUT2D eigenvalue weighted by Crippen LogP contribution is 2.41. The molecule has 5 aliphatic rings. The third kappa shape index (κ3) is 21.0. The first-order chi connectivity index (χ1) is 50.5. The van der Waals surface area contributed by atoms with Crippen LogP contribution in [0.5, 0.6) is 0 Å². The lowest BCUT2D eigenvalue weighted by atomic mass is 9.95. The van der Waals surface area contributed by atoms with Crippen LogP contribution in [-0.2, 0) is 138 Å². The van der Waals surface area contributed by atoms with Crippen molar-refractivity contribution in [3.05, 3.63) is 144 Å². The largest absolute Gasteiger partial charge is 0.463 e. The number of benzene rings is 4. The summed E-state index contributed by atoms with van der Waals surface area (Å²) in [4.78, 5) is 162. The van der Waals surface area contributed by atoms with Crippen LogP contribution in [0.25, 0.3) is 0 Å². The fourth-order valence-corrected chi connectivity index (χ4v) is 12.2. The van der Waals surface area contributed by atoms with Crippen molar-refractivity contribution >= 4 is 71.6 Å². The Balaban J connectivity index is 1.19. The van der Waals surface area contributed by atoms with E-state index in [1.54, 1.807) is 48.5 Å². The first-order valence-electron chi connectivity index (χ1n) is 33.4. The molecule has 5 aliphatic heterocycles. The summed E-state index contributed by atoms with van der Waals surface area (Å²) in [6.07, 6.45) is -43.7. The second kappa shape index (κ2) is 36.9. The van der Waals surface area contributed by atoms with Crippen molar-refractivity contribution in [3.8, 4) is 0 Å². The Hall–Kier alpha value is -9.88. The van der Waals surface area contributed by atoms with Gasteiger partial charge in [0.2, 0.25) is 0 Å². The SMILES string of the molecule is CC(=O)OC[C@@H]1O[C@H](O[C@H]2[C@@H](OC(C)=O)[C@@H](O[C@@H]3[C@H](O)OCC(OC(=O)c4ccccc4)[C@@H]3OC3O[C@H](C)C(OC(=O)c4ccccc4)[C@H](OC(=O)c4ccccc4)[C@@H]3OC(=O)c3ccccc3)O[C@H](C)[C@H]2O[C@H]2OC[C@H](OC(C)=O)[C@H](OC(C)=O)[C@H]2OC(C)=O)[C@H](OC(C)=O)[C@@H](OC(C)=O)[C@H]1OC(C)=O. The fourth-order valence-electron chi connectivity index (χ4n) is 12.2. The summed E-state index contributed by atoms with van der Waals surface area (Å²) in [7, 11) is 0. The molecule has 0 amide bonds. The number of carbonyl (C=O) groups is 12. The minimum Gasteiger partial charge on any atom is -0.463 e. The van der Waals surface area contributed by atoms with E-state index in [4.69, 9.17) is 99.5 Å². The van der Waals surface area contributed by atoms with Crippen LogP contribution in [0.2, 0.25) is 0 Å². The lowest BCUT2D eigenvalue weighted by Crippen LogP contribution is -2.69. The quantitative estimate of drug-likeness (QED) is 0.0733. The summed E-state index contributed by atoms with van der Waals surface area (Å²) in [5, 5.41) is 12.4. The Labute approximate surface area is 605 Å². The maximum atomic E-state index is 14.6. The zero-order valence-corrected chi connectivity index (χ0v) is 58.9. The van der Waals surface area contributed by atoms with Gasteiger partial charge >= 0.3 is 71.6 Å². The van der Waals surface area contributed by atoms with E-state index in [1.807, 2.05) is 0 Å². The summed E-state index contributed by atoms with van der Waals surface area (Å²) in [6.45, 7) is 8.40. The van der Waals surface area contributed by atoms with Crippen LogP contribution in [0.1, 0.15) is 111 Å². The number of hydrogen-bond donors (Lipinski definition) is 1. The average molecular weight is 1490 g/mol. The third-order valence-corrected chi connectivity index (χ3v) is 16.6. The van der Waals surface area contributed by atoms with E-state index in [1.165, 1.54) is 86.6 Å². The molecule has 572 valence electrons. The smallest absolute Gasteiger partial charge is 0.338 e. The maximum Gasteiger partial charge on any atom is 0.338 e. The Bertz CT molecular complexity index is 3730. The molecule has 3 unspecified atom stereocenters. The van der Waals surface area contributed by atoms with E-state index in [2.05, 4.69) is 0 Å². The average Bonchev–Trinajstić information content (AvgIpc) is 0.765. The standard InChI is InChI=1S/C72H80O34/c1-34-51(100-65(82)45-25-17-12-18-26-45)56(101-66(83)46-27-19-13-20-28-46)63(102-67(84)47-29-21-14-22-30-47)71(89-34)104-54-49(98-64(81)44-23-15-11-16-24-44)32-87-68(85)59(54)106-70-61(96-42(9)79)57(52(35(2)90-70)103-69-60(95-41(8)78)55(93-39(6)76)48(33-88-69)91-37(4)74)105-72-62(97-43(10)80)58(94-40(7)77)53(92-38(5)75)50(99-72)31-86-36(3)73/h11-30,34-35,48-63,68-72,85H,31-33H2,1-10H3/t34-,35-,48+,49?,50+,51?,52-,53+,54+,55+,56+,57-,58+,59+,60-,61-,62-,63+,68-,69-,70-,71?,72-/m1/s1. The van der Waals surface area contributed by atoms with Gasteiger partial charge in [-0.15, -0.1) is 0 Å². The second-order valence-corrected chi connectivity index (χ2v) is 24.7. The number of ether oxygens (including phenoxy) is 21. The molecule has 0 bridgehead atoms. The summed E-state index contributed by atoms with van der Waals surface area (Å²) in [6, 6.07) is 30.2. The normalized spacial score (nSPS) is 31.3. The predicted molar refractivity (Wildman–Crippen MR) is 347 cm³/mol. The second-order valence-electron chi connectivity index (χ2n) is 24.7. The van der Waals surface area contributed by atoms with Crippen molar-refractivity contribution in [3.63, 3.8) is 0 Å². The highest BCUT2D eigenvalue weighted by atomic mass is 16.8. The molecule has 5 fully saturated rings. The van der Waals surface area contributed by atoms with E-state index in [-0.39, 0.29) is 22.3 Å². The van der Waals surface area contributed by atoms with Crippen molar-refractivity contribution in [1.82, 2.24) is 0 Å². The van der Waals surface area contributed by atoms with E-state index < -0.39 is 233 Å². The molecule has 0 saturated carbocycles. The van der Waals surface area contributed by atoms with E-state index in [0.29, 0.717) is 0 Å². The summed E-state index contributed by atoms with van der Waals surface area (Å²) < 4.78 is 129. The van der Waals surface area contributed by atoms with Gasteiger partial charge in [0, 0.05) is 55.4 Å². The highest BCUT2D eigenvalue weighted by Gasteiger charge is 2.61. The van der Waals surface area contributed by atoms with Gasteiger partial charge in [-0.3, -0.25) is 38.4 Å². The lowest BCUT2D eigenvalue weighted by Gasteiger charge is -2.51. The van der Waals surface area contributed by atoms with Gasteiger partial charge in [0.05, 0.1) is 47.7 Å². The zero-order chi connectivity index (χ0) is 76.6. The van der Waals surface area contributed by atoms with Crippen molar-refractivity contribution in [1.29, 1.82) is 0 Å². The monoisotopic (exact) mass is 1490 g/mol. The molecule has 4 aromatic rings. The van der Waals surface area contributed by atoms with Gasteiger partial charge in [-0.1, -0.05) is 72.8 Å². The molecule has 9 rings (SSSR count). The molecule has 5 saturated heterocycles. The summed E-state index contributed by atoms with van der Waals surface area (Å²) >= 11 is 0. The number of aliphatic hydroxyl groups is 1. The lowest BCUT2D eigenvalue weighted by molar-refractivity contribution is -0.399.